The molecule has 0 saturated carbocycles. The minimum Gasteiger partial charge on any atom is -0.279 e. The molecule has 1 aromatic heterocycles. The van der Waals surface area contributed by atoms with Gasteiger partial charge in [-0.2, -0.15) is 4.31 Å². The Kier molecular flexibility index (Phi) is 7.62. The van der Waals surface area contributed by atoms with Crippen molar-refractivity contribution in [1.29, 1.82) is 0 Å². The van der Waals surface area contributed by atoms with Crippen molar-refractivity contribution >= 4 is 54.2 Å². The monoisotopic (exact) mass is 553 g/mol. The Morgan fingerprint density at radius 1 is 1.08 bits per heavy atom. The van der Waals surface area contributed by atoms with Gasteiger partial charge in [-0.3, -0.25) is 9.69 Å². The number of aromatic nitrogens is 1. The maximum atomic E-state index is 13.8. The Bertz CT molecular complexity index is 1500. The number of anilines is 1. The average Bonchev–Trinajstić information content (AvgIpc) is 3.35. The van der Waals surface area contributed by atoms with E-state index in [4.69, 9.17) is 16.6 Å². The minimum atomic E-state index is -3.62. The summed E-state index contributed by atoms with van der Waals surface area (Å²) in [6.07, 6.45) is 3.59. The van der Waals surface area contributed by atoms with Crippen LogP contribution in [0.1, 0.15) is 48.5 Å². The Morgan fingerprint density at radius 2 is 1.84 bits per heavy atom. The first-order valence-electron chi connectivity index (χ1n) is 12.4. The van der Waals surface area contributed by atoms with Crippen LogP contribution in [0.2, 0.25) is 5.02 Å². The van der Waals surface area contributed by atoms with Gasteiger partial charge in [-0.1, -0.05) is 66.6 Å². The molecule has 2 heterocycles. The van der Waals surface area contributed by atoms with E-state index in [1.807, 2.05) is 49.4 Å². The highest BCUT2D eigenvalue weighted by molar-refractivity contribution is 7.89. The van der Waals surface area contributed by atoms with E-state index in [9.17, 15) is 13.2 Å². The normalized spacial score (nSPS) is 16.6. The molecule has 6 nitrogen and oxygen atoms in total. The van der Waals surface area contributed by atoms with Gasteiger partial charge in [-0.25, -0.2) is 13.4 Å². The predicted molar refractivity (Wildman–Crippen MR) is 150 cm³/mol. The molecule has 1 aliphatic heterocycles. The SMILES string of the molecule is CCC1CCCCN1S(=O)(=O)c1ccc(C(=O)N(Cc2ccccc2)c2nc3ccc(Cl)cc3s2)cc1. The standard InChI is InChI=1S/C28H28ClN3O3S2/c1-2-23-10-6-7-17-32(23)37(34,35)24-14-11-21(12-15-24)27(33)31(19-20-8-4-3-5-9-20)28-30-25-16-13-22(29)18-26(25)36-28/h3-5,8-9,11-16,18,23H,2,6-7,10,17,19H2,1H3. The third-order valence-electron chi connectivity index (χ3n) is 6.75. The minimum absolute atomic E-state index is 0.0222. The van der Waals surface area contributed by atoms with Crippen LogP contribution in [-0.4, -0.2) is 36.2 Å². The van der Waals surface area contributed by atoms with Crippen LogP contribution in [0.4, 0.5) is 5.13 Å². The van der Waals surface area contributed by atoms with Crippen LogP contribution < -0.4 is 4.90 Å². The van der Waals surface area contributed by atoms with Gasteiger partial charge >= 0.3 is 0 Å². The van der Waals surface area contributed by atoms with Gasteiger partial charge in [-0.15, -0.1) is 0 Å². The van der Waals surface area contributed by atoms with E-state index in [1.165, 1.54) is 11.3 Å². The Morgan fingerprint density at radius 3 is 2.57 bits per heavy atom. The first kappa shape index (κ1) is 25.9. The first-order chi connectivity index (χ1) is 17.9. The highest BCUT2D eigenvalue weighted by Gasteiger charge is 2.32. The van der Waals surface area contributed by atoms with Gasteiger partial charge in [-0.05, 0) is 67.3 Å². The summed E-state index contributed by atoms with van der Waals surface area (Å²) < 4.78 is 29.3. The average molecular weight is 554 g/mol. The van der Waals surface area contributed by atoms with E-state index in [0.717, 1.165) is 41.5 Å². The van der Waals surface area contributed by atoms with Gasteiger partial charge in [0.25, 0.3) is 5.91 Å². The number of nitrogens with zero attached hydrogens (tertiary/aromatic N) is 3. The molecule has 1 amide bonds. The Balaban J connectivity index is 1.46. The van der Waals surface area contributed by atoms with Gasteiger partial charge in [0, 0.05) is 23.2 Å². The van der Waals surface area contributed by atoms with Crippen molar-refractivity contribution in [3.05, 3.63) is 88.9 Å². The second-order valence-corrected chi connectivity index (χ2v) is 12.5. The number of fused-ring (bicyclic) bond motifs is 1. The number of thiazole rings is 1. The molecule has 1 saturated heterocycles. The van der Waals surface area contributed by atoms with E-state index in [0.29, 0.717) is 28.8 Å². The Hall–Kier alpha value is -2.78. The second-order valence-electron chi connectivity index (χ2n) is 9.18. The predicted octanol–water partition coefficient (Wildman–Crippen LogP) is 6.75. The molecule has 192 valence electrons. The molecule has 0 spiro atoms. The summed E-state index contributed by atoms with van der Waals surface area (Å²) in [7, 11) is -3.62. The lowest BCUT2D eigenvalue weighted by molar-refractivity contribution is 0.0985. The fourth-order valence-corrected chi connectivity index (χ4v) is 7.76. The summed E-state index contributed by atoms with van der Waals surface area (Å²) in [5.41, 5.74) is 2.13. The van der Waals surface area contributed by atoms with Crippen LogP contribution >= 0.6 is 22.9 Å². The highest BCUT2D eigenvalue weighted by Crippen LogP contribution is 2.33. The summed E-state index contributed by atoms with van der Waals surface area (Å²) in [4.78, 5) is 20.3. The van der Waals surface area contributed by atoms with Crippen LogP contribution in [0, 0.1) is 0 Å². The number of hydrogen-bond donors (Lipinski definition) is 0. The van der Waals surface area contributed by atoms with Crippen molar-refractivity contribution in [2.24, 2.45) is 0 Å². The van der Waals surface area contributed by atoms with Gasteiger partial charge in [0.2, 0.25) is 10.0 Å². The van der Waals surface area contributed by atoms with Crippen LogP contribution in [0.3, 0.4) is 0 Å². The molecule has 5 rings (SSSR count). The molecule has 1 unspecified atom stereocenters. The number of hydrogen-bond acceptors (Lipinski definition) is 5. The van der Waals surface area contributed by atoms with Gasteiger partial charge in [0.1, 0.15) is 0 Å². The number of halogens is 1. The highest BCUT2D eigenvalue weighted by atomic mass is 35.5. The van der Waals surface area contributed by atoms with E-state index in [-0.39, 0.29) is 16.8 Å². The molecule has 1 fully saturated rings. The number of benzene rings is 3. The third kappa shape index (κ3) is 5.43. The van der Waals surface area contributed by atoms with Gasteiger partial charge in [0.15, 0.2) is 5.13 Å². The van der Waals surface area contributed by atoms with Crippen LogP contribution in [0.25, 0.3) is 10.2 Å². The summed E-state index contributed by atoms with van der Waals surface area (Å²) in [5, 5.41) is 1.17. The molecule has 1 atom stereocenters. The zero-order chi connectivity index (χ0) is 26.0. The number of rotatable bonds is 7. The molecule has 4 aromatic rings. The van der Waals surface area contributed by atoms with E-state index < -0.39 is 10.0 Å². The van der Waals surface area contributed by atoms with Crippen molar-refractivity contribution in [2.45, 2.75) is 50.1 Å². The van der Waals surface area contributed by atoms with Crippen LogP contribution in [0.15, 0.2) is 77.7 Å². The van der Waals surface area contributed by atoms with Gasteiger partial charge in [0.05, 0.1) is 21.7 Å². The van der Waals surface area contributed by atoms with Crippen LogP contribution in [0.5, 0.6) is 0 Å². The van der Waals surface area contributed by atoms with E-state index in [2.05, 4.69) is 0 Å². The molecule has 9 heteroatoms. The van der Waals surface area contributed by atoms with Crippen molar-refractivity contribution in [2.75, 3.05) is 11.4 Å². The fourth-order valence-electron chi connectivity index (χ4n) is 4.75. The van der Waals surface area contributed by atoms with Crippen molar-refractivity contribution in [1.82, 2.24) is 9.29 Å². The van der Waals surface area contributed by atoms with Gasteiger partial charge < -0.3 is 0 Å². The second kappa shape index (κ2) is 10.9. The maximum absolute atomic E-state index is 13.8. The van der Waals surface area contributed by atoms with Crippen molar-refractivity contribution in [3.8, 4) is 0 Å². The summed E-state index contributed by atoms with van der Waals surface area (Å²) in [5.74, 6) is -0.248. The number of piperidine rings is 1. The summed E-state index contributed by atoms with van der Waals surface area (Å²) in [6, 6.07) is 21.5. The van der Waals surface area contributed by atoms with Crippen molar-refractivity contribution < 1.29 is 13.2 Å². The molecule has 1 aliphatic rings. The molecule has 0 N–H and O–H groups in total. The summed E-state index contributed by atoms with van der Waals surface area (Å²) in [6.45, 7) is 2.89. The van der Waals surface area contributed by atoms with E-state index in [1.54, 1.807) is 39.5 Å². The summed E-state index contributed by atoms with van der Waals surface area (Å²) >= 11 is 7.57. The molecular weight excluding hydrogens is 526 g/mol. The number of carbonyl (C=O) groups excluding carboxylic acids is 1. The maximum Gasteiger partial charge on any atom is 0.260 e. The molecule has 0 radical (unpaired) electrons. The molecule has 37 heavy (non-hydrogen) atoms. The zero-order valence-electron chi connectivity index (χ0n) is 20.5. The first-order valence-corrected chi connectivity index (χ1v) is 15.0. The quantitative estimate of drug-likeness (QED) is 0.254. The third-order valence-corrected chi connectivity index (χ3v) is 9.99. The number of carbonyl (C=O) groups is 1. The number of sulfonamides is 1. The molecule has 0 bridgehead atoms. The smallest absolute Gasteiger partial charge is 0.260 e. The zero-order valence-corrected chi connectivity index (χ0v) is 22.9. The van der Waals surface area contributed by atoms with Crippen molar-refractivity contribution in [3.63, 3.8) is 0 Å². The fraction of sp³-hybridized carbons (Fsp3) is 0.286. The van der Waals surface area contributed by atoms with Crippen LogP contribution in [-0.2, 0) is 16.6 Å². The molecule has 0 aliphatic carbocycles. The molecular formula is C28H28ClN3O3S2. The largest absolute Gasteiger partial charge is 0.279 e. The van der Waals surface area contributed by atoms with E-state index >= 15 is 0 Å². The number of amides is 1. The topological polar surface area (TPSA) is 70.6 Å². The lowest BCUT2D eigenvalue weighted by Crippen LogP contribution is -2.43. The Labute approximate surface area is 226 Å². The lowest BCUT2D eigenvalue weighted by Gasteiger charge is -2.34. The molecule has 3 aromatic carbocycles. The lowest BCUT2D eigenvalue weighted by atomic mass is 10.0.